The minimum absolute atomic E-state index is 0.0198. The summed E-state index contributed by atoms with van der Waals surface area (Å²) in [5.41, 5.74) is 3.11. The third-order valence-corrected chi connectivity index (χ3v) is 5.09. The zero-order valence-corrected chi connectivity index (χ0v) is 16.7. The van der Waals surface area contributed by atoms with Crippen molar-refractivity contribution < 1.29 is 14.3 Å². The highest BCUT2D eigenvalue weighted by atomic mass is 35.5. The van der Waals surface area contributed by atoms with Crippen LogP contribution in [0.4, 0.5) is 0 Å². The molecule has 144 valence electrons. The van der Waals surface area contributed by atoms with E-state index < -0.39 is 0 Å². The number of ether oxygens (including phenoxy) is 2. The van der Waals surface area contributed by atoms with E-state index >= 15 is 0 Å². The van der Waals surface area contributed by atoms with Crippen LogP contribution >= 0.6 is 11.6 Å². The van der Waals surface area contributed by atoms with Gasteiger partial charge in [0.2, 0.25) is 0 Å². The Morgan fingerprint density at radius 1 is 1.19 bits per heavy atom. The number of aryl methyl sites for hydroxylation is 2. The number of benzene rings is 2. The summed E-state index contributed by atoms with van der Waals surface area (Å²) < 4.78 is 11.6. The largest absolute Gasteiger partial charge is 0.483 e. The number of hydrogen-bond donors (Lipinski definition) is 0. The van der Waals surface area contributed by atoms with E-state index in [1.165, 1.54) is 0 Å². The van der Waals surface area contributed by atoms with Gasteiger partial charge >= 0.3 is 0 Å². The molecule has 1 amide bonds. The predicted octanol–water partition coefficient (Wildman–Crippen LogP) is 4.54. The van der Waals surface area contributed by atoms with E-state index in [2.05, 4.69) is 0 Å². The third-order valence-electron chi connectivity index (χ3n) is 4.84. The number of para-hydroxylation sites is 1. The molecule has 0 aliphatic carbocycles. The maximum Gasteiger partial charge on any atom is 0.260 e. The van der Waals surface area contributed by atoms with Gasteiger partial charge in [-0.05, 0) is 55.5 Å². The molecular weight excluding hydrogens is 362 g/mol. The topological polar surface area (TPSA) is 38.8 Å². The SMILES string of the molecule is Cc1cccc(C)c1OCC(=O)N(Cc1ccc(Cl)cc1)C[C@@H]1CCCO1. The van der Waals surface area contributed by atoms with E-state index in [1.807, 2.05) is 61.2 Å². The van der Waals surface area contributed by atoms with Crippen LogP contribution in [0.5, 0.6) is 5.75 Å². The van der Waals surface area contributed by atoms with E-state index in [9.17, 15) is 4.79 Å². The molecule has 27 heavy (non-hydrogen) atoms. The van der Waals surface area contributed by atoms with E-state index in [0.717, 1.165) is 41.9 Å². The molecule has 2 aromatic rings. The number of hydrogen-bond acceptors (Lipinski definition) is 3. The minimum Gasteiger partial charge on any atom is -0.483 e. The molecule has 1 aliphatic heterocycles. The third kappa shape index (κ3) is 5.47. The van der Waals surface area contributed by atoms with Crippen molar-refractivity contribution in [3.05, 3.63) is 64.2 Å². The number of nitrogens with zero attached hydrogens (tertiary/aromatic N) is 1. The first-order valence-corrected chi connectivity index (χ1v) is 9.73. The second-order valence-corrected chi connectivity index (χ2v) is 7.48. The zero-order valence-electron chi connectivity index (χ0n) is 15.9. The van der Waals surface area contributed by atoms with Crippen molar-refractivity contribution >= 4 is 17.5 Å². The number of amides is 1. The number of rotatable bonds is 7. The molecule has 5 heteroatoms. The van der Waals surface area contributed by atoms with Gasteiger partial charge in [0, 0.05) is 24.7 Å². The Morgan fingerprint density at radius 2 is 1.89 bits per heavy atom. The molecule has 0 saturated carbocycles. The molecule has 1 atom stereocenters. The summed E-state index contributed by atoms with van der Waals surface area (Å²) in [5.74, 6) is 0.748. The summed E-state index contributed by atoms with van der Waals surface area (Å²) in [5, 5.41) is 0.689. The van der Waals surface area contributed by atoms with E-state index in [-0.39, 0.29) is 18.6 Å². The fourth-order valence-corrected chi connectivity index (χ4v) is 3.48. The summed E-state index contributed by atoms with van der Waals surface area (Å²) in [4.78, 5) is 14.7. The lowest BCUT2D eigenvalue weighted by atomic mass is 10.1. The van der Waals surface area contributed by atoms with Gasteiger partial charge in [-0.15, -0.1) is 0 Å². The molecule has 4 nitrogen and oxygen atoms in total. The molecule has 1 saturated heterocycles. The van der Waals surface area contributed by atoms with Gasteiger partial charge in [-0.2, -0.15) is 0 Å². The normalized spacial score (nSPS) is 16.3. The van der Waals surface area contributed by atoms with E-state index in [0.29, 0.717) is 18.1 Å². The summed E-state index contributed by atoms with van der Waals surface area (Å²) in [6.07, 6.45) is 2.13. The first-order valence-electron chi connectivity index (χ1n) is 9.36. The van der Waals surface area contributed by atoms with Crippen LogP contribution in [0.15, 0.2) is 42.5 Å². The molecule has 3 rings (SSSR count). The molecule has 0 N–H and O–H groups in total. The minimum atomic E-state index is -0.0388. The summed E-state index contributed by atoms with van der Waals surface area (Å²) in [6.45, 7) is 5.87. The predicted molar refractivity (Wildman–Crippen MR) is 107 cm³/mol. The van der Waals surface area contributed by atoms with Gasteiger partial charge in [-0.1, -0.05) is 41.9 Å². The van der Waals surface area contributed by atoms with Crippen LogP contribution in [0.3, 0.4) is 0 Å². The lowest BCUT2D eigenvalue weighted by Crippen LogP contribution is -2.39. The molecule has 0 spiro atoms. The van der Waals surface area contributed by atoms with Gasteiger partial charge in [0.1, 0.15) is 5.75 Å². The standard InChI is InChI=1S/C22H26ClNO3/c1-16-5-3-6-17(2)22(16)27-15-21(25)24(14-20-7-4-12-26-20)13-18-8-10-19(23)11-9-18/h3,5-6,8-11,20H,4,7,12-15H2,1-2H3/t20-/m0/s1. The first kappa shape index (κ1) is 19.7. The van der Waals surface area contributed by atoms with Crippen molar-refractivity contribution in [1.29, 1.82) is 0 Å². The Balaban J connectivity index is 1.68. The molecular formula is C22H26ClNO3. The number of halogens is 1. The Labute approximate surface area is 166 Å². The van der Waals surface area contributed by atoms with Crippen molar-refractivity contribution in [3.63, 3.8) is 0 Å². The summed E-state index contributed by atoms with van der Waals surface area (Å²) in [7, 11) is 0. The Hall–Kier alpha value is -2.04. The van der Waals surface area contributed by atoms with Crippen molar-refractivity contribution in [1.82, 2.24) is 4.90 Å². The van der Waals surface area contributed by atoms with Crippen molar-refractivity contribution in [2.24, 2.45) is 0 Å². The van der Waals surface area contributed by atoms with Crippen LogP contribution < -0.4 is 4.74 Å². The molecule has 1 aliphatic rings. The highest BCUT2D eigenvalue weighted by Gasteiger charge is 2.23. The number of carbonyl (C=O) groups excluding carboxylic acids is 1. The van der Waals surface area contributed by atoms with Crippen LogP contribution in [0.25, 0.3) is 0 Å². The van der Waals surface area contributed by atoms with Crippen LogP contribution in [0, 0.1) is 13.8 Å². The maximum absolute atomic E-state index is 12.9. The molecule has 1 heterocycles. The van der Waals surface area contributed by atoms with Gasteiger partial charge in [-0.25, -0.2) is 0 Å². The van der Waals surface area contributed by atoms with Crippen molar-refractivity contribution in [2.75, 3.05) is 19.8 Å². The summed E-state index contributed by atoms with van der Waals surface area (Å²) in [6, 6.07) is 13.6. The Bertz CT molecular complexity index is 749. The highest BCUT2D eigenvalue weighted by molar-refractivity contribution is 6.30. The first-order chi connectivity index (χ1) is 13.0. The fraction of sp³-hybridized carbons (Fsp3) is 0.409. The lowest BCUT2D eigenvalue weighted by Gasteiger charge is -2.26. The average molecular weight is 388 g/mol. The van der Waals surface area contributed by atoms with Gasteiger partial charge in [0.15, 0.2) is 6.61 Å². The second kappa shape index (κ2) is 9.25. The van der Waals surface area contributed by atoms with Crippen molar-refractivity contribution in [2.45, 2.75) is 39.3 Å². The molecule has 2 aromatic carbocycles. The van der Waals surface area contributed by atoms with Gasteiger partial charge < -0.3 is 14.4 Å². The molecule has 0 radical (unpaired) electrons. The van der Waals surface area contributed by atoms with Crippen molar-refractivity contribution in [3.8, 4) is 5.75 Å². The van der Waals surface area contributed by atoms with Gasteiger partial charge in [-0.3, -0.25) is 4.79 Å². The Morgan fingerprint density at radius 3 is 2.52 bits per heavy atom. The second-order valence-electron chi connectivity index (χ2n) is 7.05. The van der Waals surface area contributed by atoms with Crippen LogP contribution in [-0.4, -0.2) is 36.7 Å². The molecule has 0 unspecified atom stereocenters. The number of carbonyl (C=O) groups is 1. The van der Waals surface area contributed by atoms with Crippen LogP contribution in [-0.2, 0) is 16.1 Å². The molecule has 0 aromatic heterocycles. The fourth-order valence-electron chi connectivity index (χ4n) is 3.35. The van der Waals surface area contributed by atoms with Gasteiger partial charge in [0.25, 0.3) is 5.91 Å². The monoisotopic (exact) mass is 387 g/mol. The lowest BCUT2D eigenvalue weighted by molar-refractivity contribution is -0.135. The molecule has 0 bridgehead atoms. The van der Waals surface area contributed by atoms with Gasteiger partial charge in [0.05, 0.1) is 6.10 Å². The van der Waals surface area contributed by atoms with Crippen LogP contribution in [0.1, 0.15) is 29.5 Å². The Kier molecular flexibility index (Phi) is 6.75. The maximum atomic E-state index is 12.9. The smallest absolute Gasteiger partial charge is 0.260 e. The average Bonchev–Trinajstić information content (AvgIpc) is 3.15. The summed E-state index contributed by atoms with van der Waals surface area (Å²) >= 11 is 5.97. The van der Waals surface area contributed by atoms with E-state index in [1.54, 1.807) is 0 Å². The van der Waals surface area contributed by atoms with Crippen LogP contribution in [0.2, 0.25) is 5.02 Å². The zero-order chi connectivity index (χ0) is 19.2. The molecule has 1 fully saturated rings. The highest BCUT2D eigenvalue weighted by Crippen LogP contribution is 2.23. The van der Waals surface area contributed by atoms with E-state index in [4.69, 9.17) is 21.1 Å². The quantitative estimate of drug-likeness (QED) is 0.699.